The van der Waals surface area contributed by atoms with Crippen molar-refractivity contribution in [3.05, 3.63) is 22.4 Å². The van der Waals surface area contributed by atoms with Crippen LogP contribution in [0.2, 0.25) is 0 Å². The third-order valence-corrected chi connectivity index (χ3v) is 5.56. The van der Waals surface area contributed by atoms with Gasteiger partial charge in [-0.05, 0) is 50.0 Å². The molecular formula is C16H25ClN2OS. The van der Waals surface area contributed by atoms with E-state index in [1.807, 2.05) is 4.90 Å². The van der Waals surface area contributed by atoms with E-state index in [1.54, 1.807) is 11.3 Å². The smallest absolute Gasteiger partial charge is 0.223 e. The lowest BCUT2D eigenvalue weighted by Crippen LogP contribution is -2.40. The molecule has 0 aliphatic carbocycles. The third-order valence-electron chi connectivity index (χ3n) is 4.70. The first kappa shape index (κ1) is 16.8. The van der Waals surface area contributed by atoms with Crippen molar-refractivity contribution in [1.29, 1.82) is 0 Å². The van der Waals surface area contributed by atoms with E-state index in [4.69, 9.17) is 0 Å². The number of hydrogen-bond acceptors (Lipinski definition) is 3. The van der Waals surface area contributed by atoms with Gasteiger partial charge in [0.05, 0.1) is 6.54 Å². The fraction of sp³-hybridized carbons (Fsp3) is 0.688. The Hall–Kier alpha value is -0.580. The molecule has 3 heterocycles. The van der Waals surface area contributed by atoms with Crippen molar-refractivity contribution < 1.29 is 4.79 Å². The number of piperidine rings is 1. The van der Waals surface area contributed by atoms with Crippen LogP contribution in [-0.4, -0.2) is 29.4 Å². The van der Waals surface area contributed by atoms with E-state index in [1.165, 1.54) is 30.6 Å². The van der Waals surface area contributed by atoms with E-state index in [2.05, 4.69) is 29.8 Å². The molecule has 0 saturated carbocycles. The first-order valence-electron chi connectivity index (χ1n) is 7.80. The lowest BCUT2D eigenvalue weighted by Gasteiger charge is -2.30. The summed E-state index contributed by atoms with van der Waals surface area (Å²) in [6.45, 7) is 3.68. The zero-order chi connectivity index (χ0) is 13.9. The van der Waals surface area contributed by atoms with Crippen LogP contribution in [0.15, 0.2) is 17.5 Å². The summed E-state index contributed by atoms with van der Waals surface area (Å²) < 4.78 is 0. The molecule has 0 radical (unpaired) electrons. The normalized spacial score (nSPS) is 27.2. The van der Waals surface area contributed by atoms with Gasteiger partial charge in [-0.3, -0.25) is 4.79 Å². The van der Waals surface area contributed by atoms with Crippen molar-refractivity contribution in [1.82, 2.24) is 10.2 Å². The second-order valence-corrected chi connectivity index (χ2v) is 7.20. The summed E-state index contributed by atoms with van der Waals surface area (Å²) in [6.07, 6.45) is 5.75. The fourth-order valence-electron chi connectivity index (χ4n) is 3.68. The highest BCUT2D eigenvalue weighted by Gasteiger charge is 2.34. The lowest BCUT2D eigenvalue weighted by molar-refractivity contribution is -0.132. The zero-order valence-corrected chi connectivity index (χ0v) is 14.2. The van der Waals surface area contributed by atoms with Crippen molar-refractivity contribution >= 4 is 29.7 Å². The highest BCUT2D eigenvalue weighted by Crippen LogP contribution is 2.33. The maximum absolute atomic E-state index is 12.5. The molecule has 2 bridgehead atoms. The van der Waals surface area contributed by atoms with Crippen molar-refractivity contribution in [2.45, 2.75) is 57.7 Å². The van der Waals surface area contributed by atoms with Crippen molar-refractivity contribution in [2.24, 2.45) is 5.92 Å². The number of thiophene rings is 1. The quantitative estimate of drug-likeness (QED) is 0.898. The topological polar surface area (TPSA) is 32.3 Å². The Morgan fingerprint density at radius 3 is 2.67 bits per heavy atom. The number of carbonyl (C=O) groups is 1. The number of nitrogens with zero attached hydrogens (tertiary/aromatic N) is 1. The first-order valence-corrected chi connectivity index (χ1v) is 8.68. The molecule has 3 rings (SSSR count). The molecule has 0 aromatic carbocycles. The van der Waals surface area contributed by atoms with Crippen LogP contribution in [0.25, 0.3) is 0 Å². The van der Waals surface area contributed by atoms with Crippen LogP contribution in [0.3, 0.4) is 0 Å². The molecule has 3 nitrogen and oxygen atoms in total. The number of halogens is 1. The molecule has 2 saturated heterocycles. The molecule has 0 spiro atoms. The lowest BCUT2D eigenvalue weighted by atomic mass is 9.89. The molecule has 2 aliphatic rings. The minimum atomic E-state index is 0. The van der Waals surface area contributed by atoms with Crippen molar-refractivity contribution in [3.8, 4) is 0 Å². The Morgan fingerprint density at radius 1 is 1.38 bits per heavy atom. The average molecular weight is 329 g/mol. The Morgan fingerprint density at radius 2 is 2.10 bits per heavy atom. The van der Waals surface area contributed by atoms with E-state index in [-0.39, 0.29) is 12.4 Å². The molecule has 21 heavy (non-hydrogen) atoms. The highest BCUT2D eigenvalue weighted by molar-refractivity contribution is 7.09. The number of nitrogens with one attached hydrogen (secondary N) is 1. The average Bonchev–Trinajstić information content (AvgIpc) is 3.06. The van der Waals surface area contributed by atoms with E-state index >= 15 is 0 Å². The summed E-state index contributed by atoms with van der Waals surface area (Å²) in [5.41, 5.74) is 0. The van der Waals surface area contributed by atoms with Gasteiger partial charge in [-0.15, -0.1) is 23.7 Å². The molecule has 2 unspecified atom stereocenters. The predicted molar refractivity (Wildman–Crippen MR) is 89.9 cm³/mol. The van der Waals surface area contributed by atoms with Gasteiger partial charge in [0.1, 0.15) is 0 Å². The summed E-state index contributed by atoms with van der Waals surface area (Å²) >= 11 is 1.74. The number of fused-ring (bicyclic) bond motifs is 2. The van der Waals surface area contributed by atoms with Crippen LogP contribution < -0.4 is 5.32 Å². The van der Waals surface area contributed by atoms with Gasteiger partial charge in [0.15, 0.2) is 0 Å². The third kappa shape index (κ3) is 4.21. The molecule has 1 aromatic heterocycles. The van der Waals surface area contributed by atoms with Crippen molar-refractivity contribution in [3.63, 3.8) is 0 Å². The number of rotatable bonds is 5. The summed E-state index contributed by atoms with van der Waals surface area (Å²) in [5, 5.41) is 5.73. The molecule has 5 heteroatoms. The van der Waals surface area contributed by atoms with Gasteiger partial charge in [-0.2, -0.15) is 0 Å². The number of hydrogen-bond donors (Lipinski definition) is 1. The molecule has 2 atom stereocenters. The van der Waals surface area contributed by atoms with E-state index in [0.717, 1.165) is 19.5 Å². The largest absolute Gasteiger partial charge is 0.338 e. The summed E-state index contributed by atoms with van der Waals surface area (Å²) in [7, 11) is 0. The zero-order valence-electron chi connectivity index (χ0n) is 12.6. The number of amides is 1. The van der Waals surface area contributed by atoms with Crippen LogP contribution in [-0.2, 0) is 11.3 Å². The molecule has 1 amide bonds. The Labute approximate surface area is 137 Å². The van der Waals surface area contributed by atoms with Gasteiger partial charge in [0.2, 0.25) is 5.91 Å². The summed E-state index contributed by atoms with van der Waals surface area (Å²) in [4.78, 5) is 15.8. The van der Waals surface area contributed by atoms with Gasteiger partial charge in [-0.25, -0.2) is 0 Å². The van der Waals surface area contributed by atoms with Gasteiger partial charge < -0.3 is 10.2 Å². The minimum absolute atomic E-state index is 0. The standard InChI is InChI=1S/C16H24N2OS.ClH/c1-2-18(11-15-4-3-7-20-15)16(19)10-12-8-13-5-6-14(9-12)17-13;/h3-4,7,12-14,17H,2,5-6,8-11H2,1H3;1H. The highest BCUT2D eigenvalue weighted by atomic mass is 35.5. The SMILES string of the molecule is CCN(Cc1cccs1)C(=O)CC1CC2CCC(C1)N2.Cl. The minimum Gasteiger partial charge on any atom is -0.338 e. The molecule has 2 fully saturated rings. The van der Waals surface area contributed by atoms with Crippen LogP contribution in [0.5, 0.6) is 0 Å². The Kier molecular flexibility index (Phi) is 6.08. The first-order chi connectivity index (χ1) is 9.74. The van der Waals surface area contributed by atoms with Crippen LogP contribution in [0.4, 0.5) is 0 Å². The monoisotopic (exact) mass is 328 g/mol. The van der Waals surface area contributed by atoms with Crippen molar-refractivity contribution in [2.75, 3.05) is 6.54 Å². The molecule has 1 aromatic rings. The van der Waals surface area contributed by atoms with Gasteiger partial charge in [-0.1, -0.05) is 6.07 Å². The summed E-state index contributed by atoms with van der Waals surface area (Å²) in [5.74, 6) is 0.936. The Balaban J connectivity index is 0.00000161. The second-order valence-electron chi connectivity index (χ2n) is 6.17. The molecule has 2 aliphatic heterocycles. The van der Waals surface area contributed by atoms with E-state index in [9.17, 15) is 4.79 Å². The predicted octanol–water partition coefficient (Wildman–Crippen LogP) is 3.44. The van der Waals surface area contributed by atoms with Crippen LogP contribution in [0.1, 0.15) is 43.9 Å². The summed E-state index contributed by atoms with van der Waals surface area (Å²) in [6, 6.07) is 5.53. The van der Waals surface area contributed by atoms with E-state index in [0.29, 0.717) is 23.9 Å². The van der Waals surface area contributed by atoms with Gasteiger partial charge >= 0.3 is 0 Å². The van der Waals surface area contributed by atoms with Crippen LogP contribution in [0, 0.1) is 5.92 Å². The van der Waals surface area contributed by atoms with Gasteiger partial charge in [0, 0.05) is 29.9 Å². The maximum atomic E-state index is 12.5. The van der Waals surface area contributed by atoms with Crippen LogP contribution >= 0.6 is 23.7 Å². The van der Waals surface area contributed by atoms with E-state index < -0.39 is 0 Å². The fourth-order valence-corrected chi connectivity index (χ4v) is 4.40. The number of carbonyl (C=O) groups excluding carboxylic acids is 1. The molecular weight excluding hydrogens is 304 g/mol. The molecule has 1 N–H and O–H groups in total. The second kappa shape index (κ2) is 7.61. The molecule has 118 valence electrons. The maximum Gasteiger partial charge on any atom is 0.223 e. The Bertz CT molecular complexity index is 439. The van der Waals surface area contributed by atoms with Gasteiger partial charge in [0.25, 0.3) is 0 Å².